The van der Waals surface area contributed by atoms with Crippen molar-refractivity contribution in [3.63, 3.8) is 0 Å². The molecule has 0 fully saturated rings. The molecular weight excluding hydrogens is 609 g/mol. The molecule has 0 aliphatic carbocycles. The molecule has 0 aromatic carbocycles. The zero-order valence-electron chi connectivity index (χ0n) is 8.79. The molecule has 0 saturated carbocycles. The van der Waals surface area contributed by atoms with Crippen LogP contribution in [0.15, 0.2) is 0 Å². The van der Waals surface area contributed by atoms with Crippen LogP contribution in [0.25, 0.3) is 0 Å². The molecule has 0 aliphatic heterocycles. The topological polar surface area (TPSA) is 311 Å². The van der Waals surface area contributed by atoms with Crippen molar-refractivity contribution in [1.29, 1.82) is 0 Å². The van der Waals surface area contributed by atoms with E-state index < -0.39 is 31.3 Å². The third-order valence-electron chi connectivity index (χ3n) is 0. The molecule has 0 bridgehead atoms. The quantitative estimate of drug-likeness (QED) is 0.0871. The molecule has 0 heterocycles. The first-order valence-corrected chi connectivity index (χ1v) is 9.39. The van der Waals surface area contributed by atoms with Gasteiger partial charge in [-0.2, -0.15) is 0 Å². The van der Waals surface area contributed by atoms with E-state index in [0.29, 0.717) is 0 Å². The Morgan fingerprint density at radius 3 is 0.296 bits per heavy atom. The molecule has 12 N–H and O–H groups in total. The summed E-state index contributed by atoms with van der Waals surface area (Å²) >= 11 is 0. The first-order valence-electron chi connectivity index (χ1n) is 3.13. The van der Waals surface area contributed by atoms with Gasteiger partial charge in [0.15, 0.2) is 0 Å². The van der Waals surface area contributed by atoms with Crippen LogP contribution in [-0.4, -0.2) is 298 Å². The van der Waals surface area contributed by atoms with Crippen molar-refractivity contribution in [3.05, 3.63) is 0 Å². The van der Waals surface area contributed by atoms with E-state index in [9.17, 15) is 0 Å². The fourth-order valence-corrected chi connectivity index (χ4v) is 0. The van der Waals surface area contributed by atoms with Crippen LogP contribution in [-0.2, 0) is 18.3 Å². The number of hydrogen-bond acceptors (Lipinski definition) is 4. The summed E-state index contributed by atoms with van der Waals surface area (Å²) in [5.74, 6) is 0. The average molecular weight is 632 g/mol. The maximum atomic E-state index is 8.88. The van der Waals surface area contributed by atoms with E-state index in [1.807, 2.05) is 0 Å². The van der Waals surface area contributed by atoms with E-state index in [1.54, 1.807) is 0 Å². The van der Waals surface area contributed by atoms with Gasteiger partial charge in [0.2, 0.25) is 0 Å². The Hall–Kier alpha value is 8.48. The van der Waals surface area contributed by atoms with Gasteiger partial charge in [0, 0.05) is 0 Å². The van der Waals surface area contributed by atoms with E-state index in [0.717, 1.165) is 0 Å². The van der Waals surface area contributed by atoms with Crippen LogP contribution in [0.3, 0.4) is 0 Å². The normalized spacial score (nSPS) is 8.74. The van der Waals surface area contributed by atoms with E-state index in [4.69, 9.17) is 77.0 Å². The fourth-order valence-electron chi connectivity index (χ4n) is 0. The summed E-state index contributed by atoms with van der Waals surface area (Å²) in [6.07, 6.45) is 0. The summed E-state index contributed by atoms with van der Waals surface area (Å²) in [5, 5.41) is 0. The fraction of sp³-hybridized carbons (Fsp3) is 0. The first-order chi connectivity index (χ1) is 8.00. The summed E-state index contributed by atoms with van der Waals surface area (Å²) < 4.78 is 35.5. The second-order valence-electron chi connectivity index (χ2n) is 2.05. The molecule has 0 aliphatic rings. The summed E-state index contributed by atoms with van der Waals surface area (Å²) in [4.78, 5) is 86.2. The van der Waals surface area contributed by atoms with Crippen LogP contribution in [0.4, 0.5) is 0 Å². The molecule has 0 aromatic rings. The van der Waals surface area contributed by atoms with Crippen molar-refractivity contribution in [1.82, 2.24) is 0 Å². The number of phosphoric acid groups is 4. The van der Waals surface area contributed by atoms with Crippen LogP contribution in [0, 0.1) is 0 Å². The van der Waals surface area contributed by atoms with Gasteiger partial charge in [0.1, 0.15) is 0 Å². The number of hydrogen-bond donors (Lipinski definition) is 12. The van der Waals surface area contributed by atoms with Gasteiger partial charge < -0.3 is 58.7 Å². The van der Waals surface area contributed by atoms with Crippen LogP contribution < -0.4 is 0 Å². The van der Waals surface area contributed by atoms with Crippen molar-refractivity contribution < 1.29 is 77.0 Å². The van der Waals surface area contributed by atoms with Crippen molar-refractivity contribution in [3.8, 4) is 0 Å². The summed E-state index contributed by atoms with van der Waals surface area (Å²) in [7, 11) is -18.6. The Morgan fingerprint density at radius 2 is 0.296 bits per heavy atom. The molecule has 0 amide bonds. The third-order valence-corrected chi connectivity index (χ3v) is 0. The molecule has 0 saturated heterocycles. The molecule has 0 rings (SSSR count). The molecule has 0 radical (unpaired) electrons. The standard InChI is InChI=1S/4Ca.3Na.4H3O4P.11H/c;;;;;;;4*1-5(2,3)4;;;;;;;;;;;/h;;;;;;;4*(H3,1,2,3,4);;;;;;;;;;;. The van der Waals surface area contributed by atoms with Gasteiger partial charge in [0.05, 0.1) is 0 Å². The maximum absolute atomic E-state index is 8.88. The van der Waals surface area contributed by atoms with E-state index in [2.05, 4.69) is 0 Å². The van der Waals surface area contributed by atoms with E-state index >= 15 is 0 Å². The Bertz CT molecular complexity index is 308. The van der Waals surface area contributed by atoms with Crippen molar-refractivity contribution in [2.75, 3.05) is 0 Å². The van der Waals surface area contributed by atoms with E-state index in [-0.39, 0.29) is 240 Å². The molecule has 0 spiro atoms. The minimum atomic E-state index is -4.64. The van der Waals surface area contributed by atoms with Gasteiger partial charge >= 0.3 is 271 Å². The SMILES string of the molecule is O=P(O)(O)O.O=P(O)(O)O.O=P(O)(O)O.O=P(O)(O)O.[CaH2].[CaH2].[CaH2].[CaH2].[NaH].[NaH].[NaH]. The predicted octanol–water partition coefficient (Wildman–Crippen LogP) is -9.32. The summed E-state index contributed by atoms with van der Waals surface area (Å²) in [6, 6.07) is 0. The second-order valence-corrected chi connectivity index (χ2v) is 6.16. The van der Waals surface area contributed by atoms with Gasteiger partial charge in [-0.3, -0.25) is 0 Å². The number of rotatable bonds is 0. The molecule has 16 nitrogen and oxygen atoms in total. The predicted molar refractivity (Wildman–Crippen MR) is 113 cm³/mol. The monoisotopic (exact) mass is 632 g/mol. The van der Waals surface area contributed by atoms with Crippen molar-refractivity contribution in [2.45, 2.75) is 0 Å². The van der Waals surface area contributed by atoms with Crippen LogP contribution in [0.2, 0.25) is 0 Å². The van der Waals surface area contributed by atoms with Gasteiger partial charge in [-0.25, -0.2) is 18.3 Å². The van der Waals surface area contributed by atoms with Crippen LogP contribution in [0.1, 0.15) is 0 Å². The van der Waals surface area contributed by atoms with E-state index in [1.165, 1.54) is 0 Å². The molecule has 0 unspecified atom stereocenters. The molecular formula is H23Ca4Na3O16P4. The zero-order valence-corrected chi connectivity index (χ0v) is 12.4. The van der Waals surface area contributed by atoms with Gasteiger partial charge in [-0.05, 0) is 0 Å². The minimum absolute atomic E-state index is 0. The Balaban J connectivity index is -0.0000000129. The molecule has 0 atom stereocenters. The zero-order chi connectivity index (χ0) is 18.0. The van der Waals surface area contributed by atoms with Gasteiger partial charge in [-0.15, -0.1) is 0 Å². The van der Waals surface area contributed by atoms with Gasteiger partial charge in [0.25, 0.3) is 0 Å². The molecule has 150 valence electrons. The summed E-state index contributed by atoms with van der Waals surface area (Å²) in [5.41, 5.74) is 0. The Morgan fingerprint density at radius 1 is 0.296 bits per heavy atom. The molecule has 0 aromatic heterocycles. The Kier molecular flexibility index (Phi) is 95.5. The van der Waals surface area contributed by atoms with Crippen molar-refractivity contribution >= 4 is 271 Å². The van der Waals surface area contributed by atoms with Crippen molar-refractivity contribution in [2.24, 2.45) is 0 Å². The third kappa shape index (κ3) is 506. The van der Waals surface area contributed by atoms with Crippen LogP contribution >= 0.6 is 31.3 Å². The molecule has 27 heteroatoms. The van der Waals surface area contributed by atoms with Gasteiger partial charge in [-0.1, -0.05) is 0 Å². The second kappa shape index (κ2) is 36.6. The van der Waals surface area contributed by atoms with Crippen LogP contribution in [0.5, 0.6) is 0 Å². The Labute approximate surface area is 339 Å². The summed E-state index contributed by atoms with van der Waals surface area (Å²) in [6.45, 7) is 0. The molecule has 27 heavy (non-hydrogen) atoms. The average Bonchev–Trinajstić information content (AvgIpc) is 1.62. The first kappa shape index (κ1) is 70.4.